The molecule has 2 aromatic carbocycles. The van der Waals surface area contributed by atoms with Gasteiger partial charge in [0.15, 0.2) is 0 Å². The Bertz CT molecular complexity index is 1140. The van der Waals surface area contributed by atoms with Crippen LogP contribution in [0, 0.1) is 13.8 Å². The number of nitrogens with one attached hydrogen (secondary N) is 1. The number of fused-ring (bicyclic) bond motifs is 3. The monoisotopic (exact) mass is 388 g/mol. The number of aryl methyl sites for hydroxylation is 2. The number of aromatic nitrogens is 1. The van der Waals surface area contributed by atoms with Gasteiger partial charge in [-0.2, -0.15) is 0 Å². The fourth-order valence-electron chi connectivity index (χ4n) is 3.94. The summed E-state index contributed by atoms with van der Waals surface area (Å²) in [6.07, 6.45) is 2.29. The SMILES string of the molecule is CCOC(=O)C1=CN(C(=O)c2ccc(C)cc2C)CCc2c1[nH]c1ccccc21. The molecule has 1 aromatic heterocycles. The summed E-state index contributed by atoms with van der Waals surface area (Å²) < 4.78 is 5.30. The zero-order chi connectivity index (χ0) is 20.5. The summed E-state index contributed by atoms with van der Waals surface area (Å²) in [7, 11) is 0. The zero-order valence-electron chi connectivity index (χ0n) is 16.9. The molecule has 0 radical (unpaired) electrons. The predicted octanol–water partition coefficient (Wildman–Crippen LogP) is 4.39. The van der Waals surface area contributed by atoms with Gasteiger partial charge in [-0.3, -0.25) is 4.79 Å². The Kier molecular flexibility index (Phi) is 4.97. The van der Waals surface area contributed by atoms with E-state index in [1.165, 1.54) is 0 Å². The van der Waals surface area contributed by atoms with Gasteiger partial charge in [0, 0.05) is 29.2 Å². The third-order valence-electron chi connectivity index (χ3n) is 5.34. The van der Waals surface area contributed by atoms with Crippen LogP contribution in [-0.2, 0) is 16.0 Å². The van der Waals surface area contributed by atoms with Crippen LogP contribution in [0.2, 0.25) is 0 Å². The number of H-pyrrole nitrogens is 1. The van der Waals surface area contributed by atoms with Crippen molar-refractivity contribution in [2.24, 2.45) is 0 Å². The molecule has 1 N–H and O–H groups in total. The van der Waals surface area contributed by atoms with Gasteiger partial charge < -0.3 is 14.6 Å². The lowest BCUT2D eigenvalue weighted by Crippen LogP contribution is -2.28. The number of para-hydroxylation sites is 1. The molecule has 148 valence electrons. The average molecular weight is 388 g/mol. The molecule has 5 heteroatoms. The van der Waals surface area contributed by atoms with Crippen LogP contribution >= 0.6 is 0 Å². The van der Waals surface area contributed by atoms with Crippen molar-refractivity contribution in [2.45, 2.75) is 27.2 Å². The number of nitrogens with zero attached hydrogens (tertiary/aromatic N) is 1. The quantitative estimate of drug-likeness (QED) is 0.677. The first-order valence-corrected chi connectivity index (χ1v) is 9.86. The van der Waals surface area contributed by atoms with Gasteiger partial charge in [-0.15, -0.1) is 0 Å². The van der Waals surface area contributed by atoms with Gasteiger partial charge in [0.05, 0.1) is 17.9 Å². The van der Waals surface area contributed by atoms with E-state index in [0.29, 0.717) is 24.1 Å². The second-order valence-electron chi connectivity index (χ2n) is 7.35. The molecular formula is C24H24N2O3. The first kappa shape index (κ1) is 19.0. The number of aromatic amines is 1. The molecule has 1 aliphatic rings. The maximum absolute atomic E-state index is 13.3. The highest BCUT2D eigenvalue weighted by Crippen LogP contribution is 2.32. The van der Waals surface area contributed by atoms with Crippen LogP contribution < -0.4 is 0 Å². The minimum Gasteiger partial charge on any atom is -0.462 e. The zero-order valence-corrected chi connectivity index (χ0v) is 16.9. The van der Waals surface area contributed by atoms with Gasteiger partial charge in [-0.05, 0) is 50.5 Å². The second kappa shape index (κ2) is 7.59. The van der Waals surface area contributed by atoms with E-state index in [1.54, 1.807) is 18.0 Å². The number of ether oxygens (including phenoxy) is 1. The van der Waals surface area contributed by atoms with E-state index in [1.807, 2.05) is 56.3 Å². The number of rotatable bonds is 3. The third-order valence-corrected chi connectivity index (χ3v) is 5.34. The Hall–Kier alpha value is -3.34. The molecule has 5 nitrogen and oxygen atoms in total. The lowest BCUT2D eigenvalue weighted by atomic mass is 10.0. The number of hydrogen-bond donors (Lipinski definition) is 1. The van der Waals surface area contributed by atoms with Gasteiger partial charge >= 0.3 is 5.97 Å². The predicted molar refractivity (Wildman–Crippen MR) is 114 cm³/mol. The molecule has 1 amide bonds. The van der Waals surface area contributed by atoms with E-state index in [4.69, 9.17) is 4.74 Å². The largest absolute Gasteiger partial charge is 0.462 e. The molecular weight excluding hydrogens is 364 g/mol. The molecule has 0 bridgehead atoms. The minimum atomic E-state index is -0.430. The summed E-state index contributed by atoms with van der Waals surface area (Å²) in [6, 6.07) is 13.8. The van der Waals surface area contributed by atoms with Crippen molar-refractivity contribution in [3.8, 4) is 0 Å². The molecule has 2 heterocycles. The van der Waals surface area contributed by atoms with E-state index in [0.717, 1.165) is 33.3 Å². The molecule has 0 fully saturated rings. The van der Waals surface area contributed by atoms with Crippen LogP contribution in [0.3, 0.4) is 0 Å². The van der Waals surface area contributed by atoms with Gasteiger partial charge in [-0.1, -0.05) is 35.9 Å². The highest BCUT2D eigenvalue weighted by atomic mass is 16.5. The Balaban J connectivity index is 1.80. The smallest absolute Gasteiger partial charge is 0.341 e. The maximum Gasteiger partial charge on any atom is 0.341 e. The van der Waals surface area contributed by atoms with Crippen LogP contribution in [0.5, 0.6) is 0 Å². The Morgan fingerprint density at radius 1 is 1.14 bits per heavy atom. The van der Waals surface area contributed by atoms with Crippen LogP contribution in [0.25, 0.3) is 16.5 Å². The van der Waals surface area contributed by atoms with Gasteiger partial charge in [-0.25, -0.2) is 4.79 Å². The van der Waals surface area contributed by atoms with Gasteiger partial charge in [0.1, 0.15) is 0 Å². The molecule has 3 aromatic rings. The number of carbonyl (C=O) groups is 2. The summed E-state index contributed by atoms with van der Waals surface area (Å²) >= 11 is 0. The first-order chi connectivity index (χ1) is 14.0. The van der Waals surface area contributed by atoms with Crippen molar-refractivity contribution < 1.29 is 14.3 Å². The third kappa shape index (κ3) is 3.44. The summed E-state index contributed by atoms with van der Waals surface area (Å²) in [5.41, 5.74) is 5.81. The lowest BCUT2D eigenvalue weighted by molar-refractivity contribution is -0.136. The van der Waals surface area contributed by atoms with E-state index >= 15 is 0 Å². The standard InChI is InChI=1S/C24H24N2O3/c1-4-29-24(28)20-14-26(23(27)17-10-9-15(2)13-16(17)3)12-11-19-18-7-5-6-8-21(18)25-22(19)20/h5-10,13-14,25H,4,11-12H2,1-3H3. The second-order valence-corrected chi connectivity index (χ2v) is 7.35. The molecule has 0 spiro atoms. The minimum absolute atomic E-state index is 0.112. The number of amides is 1. The number of hydrogen-bond acceptors (Lipinski definition) is 3. The summed E-state index contributed by atoms with van der Waals surface area (Å²) in [5, 5.41) is 1.07. The van der Waals surface area contributed by atoms with Crippen LogP contribution in [0.1, 0.15) is 39.7 Å². The number of benzene rings is 2. The van der Waals surface area contributed by atoms with E-state index < -0.39 is 5.97 Å². The van der Waals surface area contributed by atoms with Gasteiger partial charge in [0.2, 0.25) is 0 Å². The van der Waals surface area contributed by atoms with Crippen LogP contribution in [0.15, 0.2) is 48.7 Å². The van der Waals surface area contributed by atoms with Crippen LogP contribution in [0.4, 0.5) is 0 Å². The van der Waals surface area contributed by atoms with Crippen molar-refractivity contribution in [1.29, 1.82) is 0 Å². The molecule has 29 heavy (non-hydrogen) atoms. The fraction of sp³-hybridized carbons (Fsp3) is 0.250. The van der Waals surface area contributed by atoms with Crippen molar-refractivity contribution >= 4 is 28.4 Å². The summed E-state index contributed by atoms with van der Waals surface area (Å²) in [4.78, 5) is 31.0. The molecule has 0 saturated heterocycles. The lowest BCUT2D eigenvalue weighted by Gasteiger charge is -2.19. The van der Waals surface area contributed by atoms with E-state index in [2.05, 4.69) is 4.98 Å². The highest BCUT2D eigenvalue weighted by molar-refractivity contribution is 6.18. The van der Waals surface area contributed by atoms with E-state index in [9.17, 15) is 9.59 Å². The molecule has 4 rings (SSSR count). The molecule has 1 aliphatic heterocycles. The van der Waals surface area contributed by atoms with Crippen molar-refractivity contribution in [2.75, 3.05) is 13.2 Å². The fourth-order valence-corrected chi connectivity index (χ4v) is 3.94. The maximum atomic E-state index is 13.3. The van der Waals surface area contributed by atoms with E-state index in [-0.39, 0.29) is 12.5 Å². The van der Waals surface area contributed by atoms with Crippen molar-refractivity contribution in [3.63, 3.8) is 0 Å². The summed E-state index contributed by atoms with van der Waals surface area (Å²) in [5.74, 6) is -0.542. The Morgan fingerprint density at radius 2 is 1.93 bits per heavy atom. The number of carbonyl (C=O) groups excluding carboxylic acids is 2. The van der Waals surface area contributed by atoms with Crippen molar-refractivity contribution in [3.05, 3.63) is 76.6 Å². The molecule has 0 aliphatic carbocycles. The Morgan fingerprint density at radius 3 is 2.69 bits per heavy atom. The van der Waals surface area contributed by atoms with Crippen molar-refractivity contribution in [1.82, 2.24) is 9.88 Å². The molecule has 0 unspecified atom stereocenters. The highest BCUT2D eigenvalue weighted by Gasteiger charge is 2.28. The topological polar surface area (TPSA) is 62.4 Å². The van der Waals surface area contributed by atoms with Crippen LogP contribution in [-0.4, -0.2) is 34.9 Å². The normalized spacial score (nSPS) is 13.6. The average Bonchev–Trinajstić information content (AvgIpc) is 2.95. The molecule has 0 saturated carbocycles. The number of esters is 1. The van der Waals surface area contributed by atoms with Gasteiger partial charge in [0.25, 0.3) is 5.91 Å². The molecule has 0 atom stereocenters. The Labute approximate surface area is 170 Å². The summed E-state index contributed by atoms with van der Waals surface area (Å²) in [6.45, 7) is 6.48. The first-order valence-electron chi connectivity index (χ1n) is 9.86.